The molecular weight excluding hydrogens is 382 g/mol. The van der Waals surface area contributed by atoms with Crippen LogP contribution >= 0.6 is 15.9 Å². The van der Waals surface area contributed by atoms with Crippen LogP contribution in [0, 0.1) is 0 Å². The number of methoxy groups -OCH3 is 2. The van der Waals surface area contributed by atoms with Gasteiger partial charge in [0.2, 0.25) is 0 Å². The van der Waals surface area contributed by atoms with E-state index in [9.17, 15) is 0 Å². The third-order valence-corrected chi connectivity index (χ3v) is 4.86. The number of aromatic nitrogens is 2. The summed E-state index contributed by atoms with van der Waals surface area (Å²) in [5, 5.41) is 8.35. The molecule has 0 saturated heterocycles. The Balaban J connectivity index is 1.89. The van der Waals surface area contributed by atoms with Crippen LogP contribution in [0.3, 0.4) is 0 Å². The quantitative estimate of drug-likeness (QED) is 0.710. The molecular formula is C19H18BrN3O2. The van der Waals surface area contributed by atoms with Crippen molar-refractivity contribution in [2.24, 2.45) is 0 Å². The molecule has 3 aromatic rings. The molecule has 0 spiro atoms. The lowest BCUT2D eigenvalue weighted by molar-refractivity contribution is 0.395. The molecule has 4 rings (SSSR count). The Kier molecular flexibility index (Phi) is 4.13. The normalized spacial score (nSPS) is 12.6. The van der Waals surface area contributed by atoms with Crippen molar-refractivity contribution < 1.29 is 9.47 Å². The number of nitrogens with zero attached hydrogens (tertiary/aromatic N) is 2. The highest BCUT2D eigenvalue weighted by molar-refractivity contribution is 9.10. The van der Waals surface area contributed by atoms with Crippen molar-refractivity contribution in [2.45, 2.75) is 6.42 Å². The fraction of sp³-hybridized carbons (Fsp3) is 0.211. The van der Waals surface area contributed by atoms with Crippen molar-refractivity contribution in [3.8, 4) is 28.4 Å². The molecule has 1 N–H and O–H groups in total. The van der Waals surface area contributed by atoms with Gasteiger partial charge in [-0.1, -0.05) is 22.0 Å². The van der Waals surface area contributed by atoms with Gasteiger partial charge >= 0.3 is 0 Å². The zero-order chi connectivity index (χ0) is 17.4. The molecule has 2 aromatic carbocycles. The summed E-state index contributed by atoms with van der Waals surface area (Å²) in [4.78, 5) is 0. The summed E-state index contributed by atoms with van der Waals surface area (Å²) in [6, 6.07) is 14.0. The van der Waals surface area contributed by atoms with Crippen molar-refractivity contribution in [3.63, 3.8) is 0 Å². The second kappa shape index (κ2) is 6.44. The van der Waals surface area contributed by atoms with Gasteiger partial charge in [0.15, 0.2) is 0 Å². The smallest absolute Gasteiger partial charge is 0.133 e. The van der Waals surface area contributed by atoms with Crippen molar-refractivity contribution in [1.29, 1.82) is 0 Å². The number of hydrogen-bond acceptors (Lipinski definition) is 4. The van der Waals surface area contributed by atoms with Crippen LogP contribution in [0.15, 0.2) is 46.9 Å². The van der Waals surface area contributed by atoms with E-state index in [2.05, 4.69) is 27.3 Å². The molecule has 2 heterocycles. The van der Waals surface area contributed by atoms with Crippen LogP contribution in [0.25, 0.3) is 16.9 Å². The van der Waals surface area contributed by atoms with E-state index in [1.54, 1.807) is 14.2 Å². The van der Waals surface area contributed by atoms with Gasteiger partial charge in [-0.15, -0.1) is 0 Å². The first-order chi connectivity index (χ1) is 12.2. The zero-order valence-electron chi connectivity index (χ0n) is 14.0. The lowest BCUT2D eigenvalue weighted by atomic mass is 10.1. The standard InChI is InChI=1S/C19H18BrN3O2/c1-24-14-6-7-15(17(11-14)25-2)18-16-8-9-21-19(16)23(22-18)13-5-3-4-12(20)10-13/h3-7,10-11,21H,8-9H2,1-2H3. The van der Waals surface area contributed by atoms with Crippen LogP contribution in [0.5, 0.6) is 11.5 Å². The first-order valence-electron chi connectivity index (χ1n) is 8.05. The SMILES string of the molecule is COc1ccc(-c2nn(-c3cccc(Br)c3)c3c2CCN3)c(OC)c1. The number of anilines is 1. The minimum Gasteiger partial charge on any atom is -0.497 e. The lowest BCUT2D eigenvalue weighted by Gasteiger charge is -2.10. The van der Waals surface area contributed by atoms with Crippen LogP contribution in [0.2, 0.25) is 0 Å². The first kappa shape index (κ1) is 16.0. The molecule has 0 radical (unpaired) electrons. The van der Waals surface area contributed by atoms with E-state index < -0.39 is 0 Å². The predicted molar refractivity (Wildman–Crippen MR) is 102 cm³/mol. The fourth-order valence-corrected chi connectivity index (χ4v) is 3.57. The number of halogens is 1. The van der Waals surface area contributed by atoms with E-state index in [0.717, 1.165) is 51.7 Å². The number of ether oxygens (including phenoxy) is 2. The van der Waals surface area contributed by atoms with Gasteiger partial charge in [0.05, 0.1) is 19.9 Å². The number of benzene rings is 2. The number of nitrogens with one attached hydrogen (secondary N) is 1. The Morgan fingerprint density at radius 2 is 2.00 bits per heavy atom. The van der Waals surface area contributed by atoms with Gasteiger partial charge in [-0.3, -0.25) is 0 Å². The Hall–Kier alpha value is -2.47. The third kappa shape index (κ3) is 2.76. The lowest BCUT2D eigenvalue weighted by Crippen LogP contribution is -2.04. The van der Waals surface area contributed by atoms with Crippen molar-refractivity contribution in [3.05, 3.63) is 52.5 Å². The van der Waals surface area contributed by atoms with E-state index in [1.165, 1.54) is 5.56 Å². The average molecular weight is 400 g/mol. The summed E-state index contributed by atoms with van der Waals surface area (Å²) in [5.74, 6) is 2.57. The summed E-state index contributed by atoms with van der Waals surface area (Å²) in [6.07, 6.45) is 0.938. The molecule has 5 nitrogen and oxygen atoms in total. The van der Waals surface area contributed by atoms with Crippen LogP contribution in [-0.2, 0) is 6.42 Å². The molecule has 1 aromatic heterocycles. The second-order valence-corrected chi connectivity index (χ2v) is 6.73. The first-order valence-corrected chi connectivity index (χ1v) is 8.84. The molecule has 0 bridgehead atoms. The monoisotopic (exact) mass is 399 g/mol. The fourth-order valence-electron chi connectivity index (χ4n) is 3.18. The topological polar surface area (TPSA) is 48.3 Å². The van der Waals surface area contributed by atoms with Gasteiger partial charge in [0.25, 0.3) is 0 Å². The molecule has 128 valence electrons. The number of rotatable bonds is 4. The maximum Gasteiger partial charge on any atom is 0.133 e. The van der Waals surface area contributed by atoms with Crippen molar-refractivity contribution in [1.82, 2.24) is 9.78 Å². The molecule has 6 heteroatoms. The Morgan fingerprint density at radius 3 is 2.76 bits per heavy atom. The predicted octanol–water partition coefficient (Wildman–Crippen LogP) is 4.29. The van der Waals surface area contributed by atoms with Gasteiger partial charge in [-0.05, 0) is 36.8 Å². The summed E-state index contributed by atoms with van der Waals surface area (Å²) >= 11 is 3.54. The van der Waals surface area contributed by atoms with Crippen LogP contribution in [0.4, 0.5) is 5.82 Å². The summed E-state index contributed by atoms with van der Waals surface area (Å²) in [6.45, 7) is 0.909. The maximum absolute atomic E-state index is 5.58. The Bertz CT molecular complexity index is 936. The number of fused-ring (bicyclic) bond motifs is 1. The van der Waals surface area contributed by atoms with Crippen molar-refractivity contribution >= 4 is 21.7 Å². The highest BCUT2D eigenvalue weighted by Gasteiger charge is 2.25. The molecule has 0 atom stereocenters. The van der Waals surface area contributed by atoms with Gasteiger partial charge in [-0.2, -0.15) is 5.10 Å². The Labute approximate surface area is 154 Å². The molecule has 0 aliphatic carbocycles. The third-order valence-electron chi connectivity index (χ3n) is 4.37. The molecule has 0 unspecified atom stereocenters. The molecule has 25 heavy (non-hydrogen) atoms. The van der Waals surface area contributed by atoms with E-state index in [0.29, 0.717) is 0 Å². The van der Waals surface area contributed by atoms with Crippen LogP contribution < -0.4 is 14.8 Å². The molecule has 0 saturated carbocycles. The van der Waals surface area contributed by atoms with E-state index in [4.69, 9.17) is 14.6 Å². The van der Waals surface area contributed by atoms with E-state index in [-0.39, 0.29) is 0 Å². The molecule has 1 aliphatic rings. The van der Waals surface area contributed by atoms with Gasteiger partial charge in [-0.25, -0.2) is 4.68 Å². The van der Waals surface area contributed by atoms with Crippen LogP contribution in [-0.4, -0.2) is 30.5 Å². The average Bonchev–Trinajstić information content (AvgIpc) is 3.23. The van der Waals surface area contributed by atoms with Crippen molar-refractivity contribution in [2.75, 3.05) is 26.1 Å². The molecule has 0 fully saturated rings. The van der Waals surface area contributed by atoms with Gasteiger partial charge < -0.3 is 14.8 Å². The largest absolute Gasteiger partial charge is 0.497 e. The number of hydrogen-bond donors (Lipinski definition) is 1. The summed E-state index contributed by atoms with van der Waals surface area (Å²) in [7, 11) is 3.32. The minimum atomic E-state index is 0.757. The maximum atomic E-state index is 5.58. The molecule has 1 aliphatic heterocycles. The van der Waals surface area contributed by atoms with E-state index >= 15 is 0 Å². The Morgan fingerprint density at radius 1 is 1.12 bits per heavy atom. The minimum absolute atomic E-state index is 0.757. The van der Waals surface area contributed by atoms with Gasteiger partial charge in [0.1, 0.15) is 23.0 Å². The summed E-state index contributed by atoms with van der Waals surface area (Å²) in [5.41, 5.74) is 4.14. The van der Waals surface area contributed by atoms with E-state index in [1.807, 2.05) is 41.1 Å². The zero-order valence-corrected chi connectivity index (χ0v) is 15.6. The summed E-state index contributed by atoms with van der Waals surface area (Å²) < 4.78 is 13.9. The van der Waals surface area contributed by atoms with Gasteiger partial charge in [0, 0.05) is 28.2 Å². The molecule has 0 amide bonds. The van der Waals surface area contributed by atoms with Crippen LogP contribution in [0.1, 0.15) is 5.56 Å². The highest BCUT2D eigenvalue weighted by atomic mass is 79.9. The highest BCUT2D eigenvalue weighted by Crippen LogP contribution is 2.39. The second-order valence-electron chi connectivity index (χ2n) is 5.81.